The maximum absolute atomic E-state index is 14.4. The fraction of sp³-hybridized carbons (Fsp3) is 0.474. The number of hydrogen-bond donors (Lipinski definition) is 15. The molecule has 1 radical (unpaired) electrons. The number of nitrogens with two attached hydrogens (primary N) is 2. The summed E-state index contributed by atoms with van der Waals surface area (Å²) < 4.78 is 38.2. The fourth-order valence-electron chi connectivity index (χ4n) is 9.94. The summed E-state index contributed by atoms with van der Waals surface area (Å²) in [5, 5.41) is 49.5. The van der Waals surface area contributed by atoms with Crippen LogP contribution in [0.1, 0.15) is 59.2 Å². The summed E-state index contributed by atoms with van der Waals surface area (Å²) in [5.74, 6) is -5.07. The van der Waals surface area contributed by atoms with Crippen molar-refractivity contribution in [3.05, 3.63) is 113 Å². The fourth-order valence-corrected chi connectivity index (χ4v) is 13.5. The minimum Gasteiger partial charge on any atom is -0.508 e. The van der Waals surface area contributed by atoms with E-state index in [-0.39, 0.29) is 163 Å². The van der Waals surface area contributed by atoms with Crippen molar-refractivity contribution in [2.75, 3.05) is 96.6 Å². The van der Waals surface area contributed by atoms with Crippen LogP contribution >= 0.6 is 22.1 Å². The third kappa shape index (κ3) is 25.6. The van der Waals surface area contributed by atoms with Crippen LogP contribution in [0, 0.1) is 0 Å². The largest absolute Gasteiger partial charge is 2.00 e. The minimum atomic E-state index is -4.00. The van der Waals surface area contributed by atoms with Crippen LogP contribution in [0.3, 0.4) is 0 Å². The number of fused-ring (bicyclic) bond motifs is 1. The number of guanidine groups is 1. The molecular formula is C57H82CuN13O16P3+2. The average Bonchev–Trinajstić information content (AvgIpc) is 3.12. The van der Waals surface area contributed by atoms with Crippen molar-refractivity contribution >= 4 is 80.2 Å². The maximum Gasteiger partial charge on any atom is 2.00 e. The van der Waals surface area contributed by atoms with Gasteiger partial charge in [0.15, 0.2) is 5.96 Å². The molecule has 0 bridgehead atoms. The topological polar surface area (TPSA) is 450 Å². The standard InChI is InChI=1S/C57H82N13O16P3.Cu/c58-57(59)61-21-4-8-47-55(79)67-48(31-41-11-14-42-5-1-2-6-44(42)29-41)53(77)63-33-51(75)64-49(30-39-12-17-45(73)18-13-39)56(80)66-46(54(78)65-47)7-3-20-60-52(76)43-15-9-40(10-16-43)32-62-50(74)19-28-87(81,82)34-68-22-24-69(35-88(83,84)37-71)26-27-70(25-23-68)36-89(85,86)38-72;/h1-2,5-6,9-18,29,46-49,71-73H,3-4,7-8,19-28,30-38H2,(H,60,76)(H,62,74)(H,63,77)(H,64,75)(H,65,78)(H,66,80)(H,67,79)(H,81,82)(H,83,84)(H,85,86)(H4,58,59,61);/q;+2/t46-,47+,48-,49+;/m0./s1/i;1+0. The number of benzene rings is 4. The van der Waals surface area contributed by atoms with Crippen LogP contribution < -0.4 is 48.7 Å². The van der Waals surface area contributed by atoms with Gasteiger partial charge in [0.1, 0.15) is 42.6 Å². The van der Waals surface area contributed by atoms with Crippen LogP contribution in [0.25, 0.3) is 10.8 Å². The van der Waals surface area contributed by atoms with E-state index in [1.54, 1.807) is 39.0 Å². The number of aliphatic hydroxyl groups excluding tert-OH is 2. The van der Waals surface area contributed by atoms with E-state index < -0.39 is 107 Å². The van der Waals surface area contributed by atoms with Gasteiger partial charge in [-0.3, -0.25) is 66.9 Å². The monoisotopic (exact) mass is 1360 g/mol. The van der Waals surface area contributed by atoms with E-state index >= 15 is 0 Å². The van der Waals surface area contributed by atoms with E-state index in [0.717, 1.165) is 10.8 Å². The Morgan fingerprint density at radius 3 is 1.64 bits per heavy atom. The number of nitrogens with one attached hydrogen (secondary N) is 7. The molecule has 0 saturated carbocycles. The molecule has 29 nitrogen and oxygen atoms in total. The van der Waals surface area contributed by atoms with Crippen LogP contribution in [-0.2, 0) is 78.9 Å². The number of rotatable bonds is 26. The summed E-state index contributed by atoms with van der Waals surface area (Å²) in [4.78, 5) is 137. The van der Waals surface area contributed by atoms with Gasteiger partial charge >= 0.3 is 17.1 Å². The predicted octanol–water partition coefficient (Wildman–Crippen LogP) is -0.830. The molecule has 6 rings (SSSR count). The van der Waals surface area contributed by atoms with Crippen LogP contribution in [-0.4, -0.2) is 213 Å². The summed E-state index contributed by atoms with van der Waals surface area (Å²) in [7, 11) is -11.9. The number of carbonyl (C=O) groups is 7. The van der Waals surface area contributed by atoms with Gasteiger partial charge in [0.05, 0.1) is 25.4 Å². The first kappa shape index (κ1) is 74.1. The number of nitrogens with zero attached hydrogens (tertiary/aromatic N) is 4. The van der Waals surface area contributed by atoms with Gasteiger partial charge in [-0.25, -0.2) is 0 Å². The zero-order valence-corrected chi connectivity index (χ0v) is 53.2. The van der Waals surface area contributed by atoms with E-state index in [9.17, 15) is 77.3 Å². The molecule has 2 aliphatic rings. The molecule has 4 aromatic carbocycles. The van der Waals surface area contributed by atoms with Crippen molar-refractivity contribution < 1.29 is 94.3 Å². The van der Waals surface area contributed by atoms with Gasteiger partial charge in [0, 0.05) is 89.9 Å². The Morgan fingerprint density at radius 1 is 0.589 bits per heavy atom. The summed E-state index contributed by atoms with van der Waals surface area (Å²) in [5.41, 5.74) is 13.1. The van der Waals surface area contributed by atoms with Gasteiger partial charge in [-0.15, -0.1) is 0 Å². The van der Waals surface area contributed by atoms with E-state index in [1.165, 1.54) is 24.3 Å². The first-order valence-corrected chi connectivity index (χ1v) is 35.1. The Hall–Kier alpha value is -6.61. The number of phenols is 1. The van der Waals surface area contributed by atoms with Crippen molar-refractivity contribution in [3.8, 4) is 5.75 Å². The quantitative estimate of drug-likeness (QED) is 0.0120. The van der Waals surface area contributed by atoms with Crippen molar-refractivity contribution in [2.45, 2.75) is 75.7 Å². The Labute approximate surface area is 531 Å². The molecule has 0 spiro atoms. The molecule has 7 atom stereocenters. The molecule has 2 heterocycles. The minimum absolute atomic E-state index is 0. The first-order chi connectivity index (χ1) is 42.3. The normalized spacial score (nSPS) is 20.7. The number of phenolic OH excluding ortho intramolecular Hbond substituents is 1. The molecule has 17 N–H and O–H groups in total. The van der Waals surface area contributed by atoms with Gasteiger partial charge in [-0.2, -0.15) is 0 Å². The molecule has 3 unspecified atom stereocenters. The molecule has 4 aromatic rings. The van der Waals surface area contributed by atoms with Gasteiger partial charge in [-0.1, -0.05) is 66.7 Å². The van der Waals surface area contributed by atoms with Crippen LogP contribution in [0.4, 0.5) is 0 Å². The molecule has 2 aliphatic heterocycles. The summed E-state index contributed by atoms with van der Waals surface area (Å²) >= 11 is 0. The zero-order valence-electron chi connectivity index (χ0n) is 49.6. The van der Waals surface area contributed by atoms with Crippen LogP contribution in [0.15, 0.2) is 96.0 Å². The van der Waals surface area contributed by atoms with E-state index in [0.29, 0.717) is 16.7 Å². The van der Waals surface area contributed by atoms with Crippen LogP contribution in [0.2, 0.25) is 0 Å². The number of aliphatic imine (C=N–C) groups is 1. The number of hydrogen-bond acceptors (Lipinski definition) is 17. The maximum atomic E-state index is 14.4. The summed E-state index contributed by atoms with van der Waals surface area (Å²) in [6.45, 7) is 0.539. The van der Waals surface area contributed by atoms with Crippen molar-refractivity contribution in [2.24, 2.45) is 16.5 Å². The average molecular weight is 1360 g/mol. The molecule has 7 amide bonds. The third-order valence-corrected chi connectivity index (χ3v) is 19.1. The van der Waals surface area contributed by atoms with Gasteiger partial charge in [0.25, 0.3) is 5.91 Å². The van der Waals surface area contributed by atoms with Crippen molar-refractivity contribution in [1.82, 2.24) is 51.9 Å². The molecule has 90 heavy (non-hydrogen) atoms. The molecule has 495 valence electrons. The Balaban J connectivity index is 0.0000147. The molecule has 0 aliphatic carbocycles. The second kappa shape index (κ2) is 35.8. The number of amides is 7. The molecule has 2 fully saturated rings. The Morgan fingerprint density at radius 2 is 1.08 bits per heavy atom. The second-order valence-corrected chi connectivity index (χ2v) is 29.1. The molecular weight excluding hydrogens is 1280 g/mol. The van der Waals surface area contributed by atoms with E-state index in [2.05, 4.69) is 42.2 Å². The Kier molecular flexibility index (Phi) is 29.5. The van der Waals surface area contributed by atoms with Gasteiger partial charge in [-0.05, 0) is 77.4 Å². The van der Waals surface area contributed by atoms with Crippen LogP contribution in [0.5, 0.6) is 5.75 Å². The number of carbonyl (C=O) groups excluding carboxylic acids is 7. The van der Waals surface area contributed by atoms with Gasteiger partial charge < -0.3 is 78.7 Å². The smallest absolute Gasteiger partial charge is 0.508 e. The van der Waals surface area contributed by atoms with Gasteiger partial charge in [0.2, 0.25) is 57.5 Å². The third-order valence-electron chi connectivity index (χ3n) is 14.8. The second-order valence-electron chi connectivity index (χ2n) is 22.2. The molecule has 0 aromatic heterocycles. The SMILES string of the molecule is NC(N)=NCCC[C@H]1NC(=O)[C@H](CCCNC(=O)c2ccc(CNC(=O)CCP(=O)(O)CN3CCN(CP(=O)(O)CO)CCN(CP(=O)(O)CO)CC3)cc2)NC(=O)[C@@H](Cc2ccc(O)cc2)NC(=O)CNC(=O)[C@H](Cc2ccc3ccccc3c2)NC1=O.[64Cu+2]. The molecule has 2 saturated heterocycles. The first-order valence-electron chi connectivity index (χ1n) is 29.0. The van der Waals surface area contributed by atoms with E-state index in [1.807, 2.05) is 42.5 Å². The summed E-state index contributed by atoms with van der Waals surface area (Å²) in [6, 6.07) is 20.1. The number of aliphatic hydroxyl groups is 2. The predicted molar refractivity (Wildman–Crippen MR) is 332 cm³/mol. The number of aromatic hydroxyl groups is 1. The molecule has 33 heteroatoms. The van der Waals surface area contributed by atoms with Crippen molar-refractivity contribution in [1.29, 1.82) is 0 Å². The summed E-state index contributed by atoms with van der Waals surface area (Å²) in [6.07, 6.45) is -3.62. The zero-order chi connectivity index (χ0) is 64.7. The van der Waals surface area contributed by atoms with E-state index in [4.69, 9.17) is 11.5 Å². The Bertz CT molecular complexity index is 3240. The van der Waals surface area contributed by atoms with Crippen molar-refractivity contribution in [3.63, 3.8) is 0 Å².